The third-order valence-corrected chi connectivity index (χ3v) is 0.553. The van der Waals surface area contributed by atoms with E-state index in [4.69, 9.17) is 0 Å². The van der Waals surface area contributed by atoms with E-state index in [1.165, 1.54) is 14.1 Å². The smallest absolute Gasteiger partial charge is 0.359 e. The minimum Gasteiger partial charge on any atom is -0.359 e. The lowest BCUT2D eigenvalue weighted by Gasteiger charge is -2.06. The highest BCUT2D eigenvalue weighted by atomic mass is 16.6. The molecule has 0 saturated heterocycles. The Morgan fingerprint density at radius 3 is 2.00 bits per heavy atom. The molecule has 5 nitrogen and oxygen atoms in total. The molecule has 0 fully saturated rings. The normalized spacial score (nSPS) is 8.22. The van der Waals surface area contributed by atoms with Gasteiger partial charge in [0.2, 0.25) is 0 Å². The molecule has 0 aliphatic heterocycles. The van der Waals surface area contributed by atoms with Crippen LogP contribution >= 0.6 is 0 Å². The van der Waals surface area contributed by atoms with Crippen molar-refractivity contribution in [2.45, 2.75) is 0 Å². The summed E-state index contributed by atoms with van der Waals surface area (Å²) in [6, 6.07) is 0. The SMILES string of the molecule is CN(C)C(=O)OC(N)=O. The number of nitrogens with zero attached hydrogens (tertiary/aromatic N) is 1. The van der Waals surface area contributed by atoms with Crippen LogP contribution in [0.5, 0.6) is 0 Å². The molecule has 0 bridgehead atoms. The first-order valence-electron chi connectivity index (χ1n) is 2.22. The minimum atomic E-state index is -1.09. The average molecular weight is 132 g/mol. The van der Waals surface area contributed by atoms with Crippen molar-refractivity contribution in [3.05, 3.63) is 0 Å². The lowest BCUT2D eigenvalue weighted by atomic mass is 10.9. The third-order valence-electron chi connectivity index (χ3n) is 0.553. The molecule has 0 radical (unpaired) electrons. The largest absolute Gasteiger partial charge is 0.418 e. The van der Waals surface area contributed by atoms with E-state index in [1.807, 2.05) is 0 Å². The van der Waals surface area contributed by atoms with Gasteiger partial charge in [-0.3, -0.25) is 0 Å². The molecule has 9 heavy (non-hydrogen) atoms. The van der Waals surface area contributed by atoms with Gasteiger partial charge in [-0.2, -0.15) is 0 Å². The Bertz CT molecular complexity index is 132. The van der Waals surface area contributed by atoms with Crippen LogP contribution in [0, 0.1) is 0 Å². The minimum absolute atomic E-state index is 0.762. The van der Waals surface area contributed by atoms with Crippen molar-refractivity contribution in [1.82, 2.24) is 4.90 Å². The maximum atomic E-state index is 10.4. The number of carbonyl (C=O) groups is 2. The van der Waals surface area contributed by atoms with Crippen LogP contribution in [-0.2, 0) is 4.74 Å². The maximum Gasteiger partial charge on any atom is 0.418 e. The highest BCUT2D eigenvalue weighted by Gasteiger charge is 2.06. The molecule has 0 atom stereocenters. The molecule has 0 aromatic heterocycles. The van der Waals surface area contributed by atoms with Crippen molar-refractivity contribution in [3.8, 4) is 0 Å². The zero-order valence-corrected chi connectivity index (χ0v) is 5.25. The van der Waals surface area contributed by atoms with E-state index in [2.05, 4.69) is 10.5 Å². The molecule has 2 N–H and O–H groups in total. The van der Waals surface area contributed by atoms with Crippen LogP contribution in [0.1, 0.15) is 0 Å². The molecule has 0 aromatic carbocycles. The van der Waals surface area contributed by atoms with Gasteiger partial charge < -0.3 is 15.4 Å². The number of primary amides is 1. The van der Waals surface area contributed by atoms with Crippen molar-refractivity contribution in [1.29, 1.82) is 0 Å². The van der Waals surface area contributed by atoms with E-state index in [0.717, 1.165) is 4.90 Å². The molecular weight excluding hydrogens is 124 g/mol. The van der Waals surface area contributed by atoms with Crippen molar-refractivity contribution >= 4 is 12.2 Å². The second kappa shape index (κ2) is 2.91. The van der Waals surface area contributed by atoms with E-state index in [1.54, 1.807) is 0 Å². The van der Waals surface area contributed by atoms with Crippen LogP contribution in [-0.4, -0.2) is 31.2 Å². The van der Waals surface area contributed by atoms with E-state index < -0.39 is 12.2 Å². The summed E-state index contributed by atoms with van der Waals surface area (Å²) in [7, 11) is 2.90. The van der Waals surface area contributed by atoms with Gasteiger partial charge in [0.05, 0.1) is 0 Å². The second-order valence-corrected chi connectivity index (χ2v) is 1.58. The maximum absolute atomic E-state index is 10.4. The zero-order valence-electron chi connectivity index (χ0n) is 5.25. The first-order valence-corrected chi connectivity index (χ1v) is 2.22. The number of ether oxygens (including phenoxy) is 1. The standard InChI is InChI=1S/C4H8N2O3/c1-6(2)4(8)9-3(5)7/h1-2H3,(H2,5,7). The molecule has 0 aliphatic rings. The highest BCUT2D eigenvalue weighted by molar-refractivity contribution is 5.82. The fraction of sp³-hybridized carbons (Fsp3) is 0.500. The summed E-state index contributed by atoms with van der Waals surface area (Å²) in [4.78, 5) is 21.3. The van der Waals surface area contributed by atoms with Crippen molar-refractivity contribution in [2.75, 3.05) is 14.1 Å². The predicted octanol–water partition coefficient (Wildman–Crippen LogP) is -0.237. The first kappa shape index (κ1) is 7.74. The summed E-state index contributed by atoms with van der Waals surface area (Å²) in [5, 5.41) is 0. The summed E-state index contributed by atoms with van der Waals surface area (Å²) in [6.45, 7) is 0. The Morgan fingerprint density at radius 2 is 1.89 bits per heavy atom. The van der Waals surface area contributed by atoms with E-state index >= 15 is 0 Å². The Kier molecular flexibility index (Phi) is 2.50. The molecule has 5 heteroatoms. The fourth-order valence-corrected chi connectivity index (χ4v) is 0.177. The Hall–Kier alpha value is -1.26. The first-order chi connectivity index (χ1) is 4.04. The zero-order chi connectivity index (χ0) is 7.44. The lowest BCUT2D eigenvalue weighted by molar-refractivity contribution is 0.136. The summed E-state index contributed by atoms with van der Waals surface area (Å²) in [5.74, 6) is 0. The molecule has 0 heterocycles. The third kappa shape index (κ3) is 3.33. The van der Waals surface area contributed by atoms with Crippen LogP contribution in [0.4, 0.5) is 9.59 Å². The van der Waals surface area contributed by atoms with Gasteiger partial charge in [0, 0.05) is 14.1 Å². The number of rotatable bonds is 0. The Balaban J connectivity index is 3.64. The summed E-state index contributed by atoms with van der Waals surface area (Å²) < 4.78 is 3.94. The topological polar surface area (TPSA) is 72.6 Å². The molecular formula is C4H8N2O3. The van der Waals surface area contributed by atoms with Crippen molar-refractivity contribution in [3.63, 3.8) is 0 Å². The number of amides is 2. The van der Waals surface area contributed by atoms with Gasteiger partial charge in [0.1, 0.15) is 0 Å². The van der Waals surface area contributed by atoms with Gasteiger partial charge in [-0.05, 0) is 0 Å². The van der Waals surface area contributed by atoms with Crippen LogP contribution < -0.4 is 5.73 Å². The molecule has 0 spiro atoms. The monoisotopic (exact) mass is 132 g/mol. The van der Waals surface area contributed by atoms with Crippen LogP contribution in [0.2, 0.25) is 0 Å². The van der Waals surface area contributed by atoms with Gasteiger partial charge in [-0.25, -0.2) is 9.59 Å². The van der Waals surface area contributed by atoms with Gasteiger partial charge in [-0.15, -0.1) is 0 Å². The Labute approximate surface area is 52.4 Å². The predicted molar refractivity (Wildman–Crippen MR) is 29.8 cm³/mol. The van der Waals surface area contributed by atoms with Gasteiger partial charge in [-0.1, -0.05) is 0 Å². The van der Waals surface area contributed by atoms with Crippen molar-refractivity contribution < 1.29 is 14.3 Å². The summed E-state index contributed by atoms with van der Waals surface area (Å²) >= 11 is 0. The number of hydrogen-bond acceptors (Lipinski definition) is 3. The molecule has 52 valence electrons. The van der Waals surface area contributed by atoms with Crippen LogP contribution in [0.15, 0.2) is 0 Å². The van der Waals surface area contributed by atoms with E-state index in [0.29, 0.717) is 0 Å². The van der Waals surface area contributed by atoms with Crippen LogP contribution in [0.3, 0.4) is 0 Å². The number of nitrogens with two attached hydrogens (primary N) is 1. The second-order valence-electron chi connectivity index (χ2n) is 1.58. The lowest BCUT2D eigenvalue weighted by Crippen LogP contribution is -2.28. The number of carbonyl (C=O) groups excluding carboxylic acids is 2. The molecule has 0 aliphatic carbocycles. The van der Waals surface area contributed by atoms with E-state index in [-0.39, 0.29) is 0 Å². The van der Waals surface area contributed by atoms with Gasteiger partial charge >= 0.3 is 12.2 Å². The number of hydrogen-bond donors (Lipinski definition) is 1. The van der Waals surface area contributed by atoms with Crippen LogP contribution in [0.25, 0.3) is 0 Å². The molecule has 2 amide bonds. The quantitative estimate of drug-likeness (QED) is 0.462. The fourth-order valence-electron chi connectivity index (χ4n) is 0.177. The summed E-state index contributed by atoms with van der Waals surface area (Å²) in [6.07, 6.45) is -1.85. The Morgan fingerprint density at radius 1 is 1.44 bits per heavy atom. The van der Waals surface area contributed by atoms with Gasteiger partial charge in [0.25, 0.3) is 0 Å². The highest BCUT2D eigenvalue weighted by Crippen LogP contribution is 1.83. The molecule has 0 saturated carbocycles. The molecule has 0 unspecified atom stereocenters. The molecule has 0 aromatic rings. The van der Waals surface area contributed by atoms with Crippen molar-refractivity contribution in [2.24, 2.45) is 5.73 Å². The summed E-state index contributed by atoms with van der Waals surface area (Å²) in [5.41, 5.74) is 4.52. The van der Waals surface area contributed by atoms with Gasteiger partial charge in [0.15, 0.2) is 0 Å². The van der Waals surface area contributed by atoms with E-state index in [9.17, 15) is 9.59 Å². The molecule has 0 rings (SSSR count). The average Bonchev–Trinajstić information content (AvgIpc) is 1.63.